The minimum atomic E-state index is -1.65. The molecule has 76 valence electrons. The lowest BCUT2D eigenvalue weighted by Gasteiger charge is -2.15. The van der Waals surface area contributed by atoms with Crippen molar-refractivity contribution in [2.45, 2.75) is 16.3 Å². The maximum atomic E-state index is 10.2. The molecule has 0 heterocycles. The van der Waals surface area contributed by atoms with Crippen LogP contribution in [0.2, 0.25) is 0 Å². The van der Waals surface area contributed by atoms with Gasteiger partial charge >= 0.3 is 0 Å². The molecular weight excluding hydrogens is 244 g/mol. The van der Waals surface area contributed by atoms with Gasteiger partial charge in [0.15, 0.2) is 0 Å². The molecule has 2 nitrogen and oxygen atoms in total. The zero-order chi connectivity index (χ0) is 10.6. The van der Waals surface area contributed by atoms with E-state index >= 15 is 0 Å². The van der Waals surface area contributed by atoms with Crippen LogP contribution >= 0.6 is 34.8 Å². The van der Waals surface area contributed by atoms with Crippen LogP contribution in [-0.2, 0) is 0 Å². The first-order chi connectivity index (χ1) is 6.55. The van der Waals surface area contributed by atoms with Gasteiger partial charge in [-0.1, -0.05) is 53.5 Å². The molecule has 0 spiro atoms. The summed E-state index contributed by atoms with van der Waals surface area (Å²) in [5.74, 6) is 0. The fourth-order valence-electron chi connectivity index (χ4n) is 1.03. The first-order valence-corrected chi connectivity index (χ1v) is 5.16. The smallest absolute Gasteiger partial charge is 0.148 e. The maximum absolute atomic E-state index is 10.2. The Morgan fingerprint density at radius 1 is 1.29 bits per heavy atom. The summed E-state index contributed by atoms with van der Waals surface area (Å²) in [4.78, 5) is 10.2. The highest BCUT2D eigenvalue weighted by Gasteiger charge is 2.29. The molecule has 1 aromatic carbocycles. The monoisotopic (exact) mass is 251 g/mol. The molecule has 1 atom stereocenters. The molecule has 0 radical (unpaired) electrons. The molecule has 0 bridgehead atoms. The fourth-order valence-corrected chi connectivity index (χ4v) is 1.87. The first kappa shape index (κ1) is 11.8. The van der Waals surface area contributed by atoms with Crippen molar-refractivity contribution in [3.8, 4) is 0 Å². The molecular formula is C9H8Cl3NO. The molecule has 0 N–H and O–H groups in total. The lowest BCUT2D eigenvalue weighted by molar-refractivity contribution is 0.698. The van der Waals surface area contributed by atoms with Crippen LogP contribution < -0.4 is 0 Å². The summed E-state index contributed by atoms with van der Waals surface area (Å²) in [7, 11) is 0. The Labute approximate surface area is 97.1 Å². The minimum Gasteiger partial charge on any atom is -0.148 e. The highest BCUT2D eigenvalue weighted by Crippen LogP contribution is 2.36. The van der Waals surface area contributed by atoms with Gasteiger partial charge in [0.1, 0.15) is 0 Å². The summed E-state index contributed by atoms with van der Waals surface area (Å²) >= 11 is 17.1. The van der Waals surface area contributed by atoms with E-state index in [0.29, 0.717) is 0 Å². The molecule has 0 aliphatic rings. The van der Waals surface area contributed by atoms with Crippen LogP contribution in [0.3, 0.4) is 0 Å². The van der Waals surface area contributed by atoms with Crippen LogP contribution in [0, 0.1) is 4.91 Å². The number of halogens is 3. The van der Waals surface area contributed by atoms with Gasteiger partial charge in [0.05, 0.1) is 5.38 Å². The topological polar surface area (TPSA) is 29.4 Å². The van der Waals surface area contributed by atoms with Gasteiger partial charge in [0.2, 0.25) is 4.46 Å². The van der Waals surface area contributed by atoms with Crippen LogP contribution in [0.5, 0.6) is 0 Å². The van der Waals surface area contributed by atoms with Gasteiger partial charge in [0.25, 0.3) is 0 Å². The molecule has 5 heteroatoms. The molecule has 1 aromatic rings. The summed E-state index contributed by atoms with van der Waals surface area (Å²) in [6, 6.07) is 9.25. The predicted octanol–water partition coefficient (Wildman–Crippen LogP) is 4.25. The molecule has 14 heavy (non-hydrogen) atoms. The lowest BCUT2D eigenvalue weighted by atomic mass is 10.1. The van der Waals surface area contributed by atoms with Crippen molar-refractivity contribution < 1.29 is 0 Å². The number of alkyl halides is 3. The Balaban J connectivity index is 2.68. The summed E-state index contributed by atoms with van der Waals surface area (Å²) in [5.41, 5.74) is 0.864. The third-order valence-corrected chi connectivity index (χ3v) is 2.57. The molecule has 1 unspecified atom stereocenters. The summed E-state index contributed by atoms with van der Waals surface area (Å²) in [6.45, 7) is 0. The Morgan fingerprint density at radius 2 is 1.86 bits per heavy atom. The van der Waals surface area contributed by atoms with Crippen LogP contribution in [0.25, 0.3) is 0 Å². The van der Waals surface area contributed by atoms with Gasteiger partial charge in [-0.15, -0.1) is 16.5 Å². The van der Waals surface area contributed by atoms with E-state index in [0.717, 1.165) is 5.56 Å². The third-order valence-electron chi connectivity index (χ3n) is 1.72. The second kappa shape index (κ2) is 4.96. The van der Waals surface area contributed by atoms with E-state index < -0.39 is 9.83 Å². The van der Waals surface area contributed by atoms with Crippen LogP contribution in [-0.4, -0.2) is 4.46 Å². The Bertz CT molecular complexity index is 302. The van der Waals surface area contributed by atoms with Crippen LogP contribution in [0.1, 0.15) is 17.4 Å². The maximum Gasteiger partial charge on any atom is 0.250 e. The van der Waals surface area contributed by atoms with Crippen LogP contribution in [0.4, 0.5) is 0 Å². The predicted molar refractivity (Wildman–Crippen MR) is 59.9 cm³/mol. The number of hydrogen-bond donors (Lipinski definition) is 0. The Kier molecular flexibility index (Phi) is 4.17. The molecule has 1 rings (SSSR count). The van der Waals surface area contributed by atoms with Crippen LogP contribution in [0.15, 0.2) is 35.5 Å². The normalized spacial score (nSPS) is 13.6. The van der Waals surface area contributed by atoms with E-state index in [9.17, 15) is 4.91 Å². The van der Waals surface area contributed by atoms with Crippen molar-refractivity contribution >= 4 is 34.8 Å². The third kappa shape index (κ3) is 3.45. The molecule has 0 amide bonds. The second-order valence-corrected chi connectivity index (χ2v) is 4.81. The number of nitrogens with zero attached hydrogens (tertiary/aromatic N) is 1. The van der Waals surface area contributed by atoms with E-state index in [1.165, 1.54) is 0 Å². The first-order valence-electron chi connectivity index (χ1n) is 3.96. The highest BCUT2D eigenvalue weighted by atomic mass is 35.5. The molecule has 0 aliphatic carbocycles. The zero-order valence-electron chi connectivity index (χ0n) is 7.16. The number of hydrogen-bond acceptors (Lipinski definition) is 2. The van der Waals surface area contributed by atoms with Gasteiger partial charge in [0, 0.05) is 6.42 Å². The van der Waals surface area contributed by atoms with E-state index in [2.05, 4.69) is 5.18 Å². The lowest BCUT2D eigenvalue weighted by Crippen LogP contribution is -2.11. The van der Waals surface area contributed by atoms with Crippen molar-refractivity contribution in [2.24, 2.45) is 5.18 Å². The van der Waals surface area contributed by atoms with E-state index in [1.54, 1.807) is 0 Å². The second-order valence-electron chi connectivity index (χ2n) is 2.84. The average molecular weight is 253 g/mol. The van der Waals surface area contributed by atoms with E-state index in [1.807, 2.05) is 30.3 Å². The standard InChI is InChI=1S/C9H8Cl3NO/c10-8(6-9(11,12)13-14)7-4-2-1-3-5-7/h1-5,8H,6H2. The fraction of sp³-hybridized carbons (Fsp3) is 0.333. The van der Waals surface area contributed by atoms with Gasteiger partial charge < -0.3 is 0 Å². The highest BCUT2D eigenvalue weighted by molar-refractivity contribution is 6.48. The number of benzene rings is 1. The molecule has 0 saturated heterocycles. The SMILES string of the molecule is O=NC(Cl)(Cl)CC(Cl)c1ccccc1. The minimum absolute atomic E-state index is 0.0885. The van der Waals surface area contributed by atoms with Gasteiger partial charge in [-0.25, -0.2) is 0 Å². The summed E-state index contributed by atoms with van der Waals surface area (Å²) in [6.07, 6.45) is 0.0885. The molecule has 0 aromatic heterocycles. The Hall–Kier alpha value is -0.310. The van der Waals surface area contributed by atoms with Gasteiger partial charge in [-0.2, -0.15) is 0 Å². The van der Waals surface area contributed by atoms with Gasteiger partial charge in [-0.3, -0.25) is 0 Å². The van der Waals surface area contributed by atoms with Crippen molar-refractivity contribution in [3.05, 3.63) is 40.8 Å². The van der Waals surface area contributed by atoms with Crippen molar-refractivity contribution in [1.29, 1.82) is 0 Å². The zero-order valence-corrected chi connectivity index (χ0v) is 9.43. The van der Waals surface area contributed by atoms with E-state index in [4.69, 9.17) is 34.8 Å². The van der Waals surface area contributed by atoms with Crippen molar-refractivity contribution in [2.75, 3.05) is 0 Å². The number of rotatable bonds is 4. The Morgan fingerprint density at radius 3 is 2.36 bits per heavy atom. The number of nitroso groups, excluding NO2 is 1. The van der Waals surface area contributed by atoms with Crippen molar-refractivity contribution in [3.63, 3.8) is 0 Å². The summed E-state index contributed by atoms with van der Waals surface area (Å²) < 4.78 is -1.65. The molecule has 0 saturated carbocycles. The molecule has 0 aliphatic heterocycles. The largest absolute Gasteiger partial charge is 0.250 e. The van der Waals surface area contributed by atoms with Gasteiger partial charge in [-0.05, 0) is 10.7 Å². The average Bonchev–Trinajstić information content (AvgIpc) is 2.19. The summed E-state index contributed by atoms with van der Waals surface area (Å²) in [5, 5.41) is 2.17. The molecule has 0 fully saturated rings. The quantitative estimate of drug-likeness (QED) is 0.447. The van der Waals surface area contributed by atoms with E-state index in [-0.39, 0.29) is 6.42 Å². The van der Waals surface area contributed by atoms with Crippen molar-refractivity contribution in [1.82, 2.24) is 0 Å².